The quantitative estimate of drug-likeness (QED) is 0.771. The lowest BCUT2D eigenvalue weighted by molar-refractivity contribution is 0.0600. The average molecular weight is 236 g/mol. The fourth-order valence-electron chi connectivity index (χ4n) is 2.00. The summed E-state index contributed by atoms with van der Waals surface area (Å²) in [6, 6.07) is 3.32. The topological polar surface area (TPSA) is 62.7 Å². The first-order valence-corrected chi connectivity index (χ1v) is 5.68. The van der Waals surface area contributed by atoms with E-state index in [4.69, 9.17) is 0 Å². The van der Waals surface area contributed by atoms with E-state index < -0.39 is 0 Å². The highest BCUT2D eigenvalue weighted by Crippen LogP contribution is 2.18. The van der Waals surface area contributed by atoms with Gasteiger partial charge in [0.25, 0.3) is 0 Å². The number of hydrogen-bond acceptors (Lipinski definition) is 5. The van der Waals surface area contributed by atoms with Crippen molar-refractivity contribution in [2.75, 3.05) is 25.1 Å². The third kappa shape index (κ3) is 2.74. The third-order valence-electron chi connectivity index (χ3n) is 2.89. The fourth-order valence-corrected chi connectivity index (χ4v) is 2.00. The molecule has 1 atom stereocenters. The molecule has 1 aliphatic rings. The Labute approximate surface area is 100 Å². The van der Waals surface area contributed by atoms with Crippen molar-refractivity contribution in [1.29, 1.82) is 0 Å². The molecule has 1 aromatic rings. The number of carbonyl (C=O) groups is 1. The minimum absolute atomic E-state index is 0.313. The Morgan fingerprint density at radius 1 is 1.65 bits per heavy atom. The summed E-state index contributed by atoms with van der Waals surface area (Å²) in [6.07, 6.45) is 3.04. The SMILES string of the molecule is COC(=O)c1ccnc(N2CCC[C@H](O)C2)c1. The number of piperidine rings is 1. The standard InChI is InChI=1S/C12H16N2O3/c1-17-12(16)9-4-5-13-11(7-9)14-6-2-3-10(15)8-14/h4-5,7,10,15H,2-3,6,8H2,1H3/t10-/m0/s1. The van der Waals surface area contributed by atoms with Gasteiger partial charge in [-0.15, -0.1) is 0 Å². The first-order valence-electron chi connectivity index (χ1n) is 5.68. The van der Waals surface area contributed by atoms with Gasteiger partial charge in [-0.25, -0.2) is 9.78 Å². The number of esters is 1. The molecule has 0 bridgehead atoms. The van der Waals surface area contributed by atoms with Gasteiger partial charge < -0.3 is 14.7 Å². The molecule has 0 aromatic carbocycles. The van der Waals surface area contributed by atoms with Crippen LogP contribution in [0, 0.1) is 0 Å². The van der Waals surface area contributed by atoms with Gasteiger partial charge in [-0.3, -0.25) is 0 Å². The first kappa shape index (κ1) is 11.9. The van der Waals surface area contributed by atoms with Gasteiger partial charge in [0.2, 0.25) is 0 Å². The van der Waals surface area contributed by atoms with Crippen LogP contribution in [0.3, 0.4) is 0 Å². The molecule has 2 rings (SSSR count). The molecule has 1 N–H and O–H groups in total. The molecule has 1 saturated heterocycles. The molecule has 0 radical (unpaired) electrons. The van der Waals surface area contributed by atoms with Crippen LogP contribution in [0.2, 0.25) is 0 Å². The molecule has 0 amide bonds. The zero-order valence-corrected chi connectivity index (χ0v) is 9.80. The van der Waals surface area contributed by atoms with Gasteiger partial charge in [0.1, 0.15) is 5.82 Å². The lowest BCUT2D eigenvalue weighted by Gasteiger charge is -2.31. The number of β-amino-alcohol motifs (C(OH)–C–C–N with tert-alkyl or cyclic N) is 1. The van der Waals surface area contributed by atoms with E-state index in [2.05, 4.69) is 9.72 Å². The van der Waals surface area contributed by atoms with E-state index in [-0.39, 0.29) is 12.1 Å². The number of rotatable bonds is 2. The van der Waals surface area contributed by atoms with Gasteiger partial charge in [0.05, 0.1) is 18.8 Å². The zero-order valence-electron chi connectivity index (χ0n) is 9.80. The highest BCUT2D eigenvalue weighted by atomic mass is 16.5. The summed E-state index contributed by atoms with van der Waals surface area (Å²) >= 11 is 0. The van der Waals surface area contributed by atoms with Crippen LogP contribution in [0.5, 0.6) is 0 Å². The Hall–Kier alpha value is -1.62. The second-order valence-corrected chi connectivity index (χ2v) is 4.14. The lowest BCUT2D eigenvalue weighted by Crippen LogP contribution is -2.38. The number of carbonyl (C=O) groups excluding carboxylic acids is 1. The van der Waals surface area contributed by atoms with Gasteiger partial charge in [-0.05, 0) is 25.0 Å². The molecule has 5 nitrogen and oxygen atoms in total. The number of anilines is 1. The van der Waals surface area contributed by atoms with Crippen LogP contribution in [-0.2, 0) is 4.74 Å². The molecule has 92 valence electrons. The van der Waals surface area contributed by atoms with E-state index in [1.807, 2.05) is 4.90 Å². The Morgan fingerprint density at radius 3 is 3.18 bits per heavy atom. The van der Waals surface area contributed by atoms with Crippen molar-refractivity contribution in [3.05, 3.63) is 23.9 Å². The van der Waals surface area contributed by atoms with Crippen molar-refractivity contribution < 1.29 is 14.6 Å². The number of methoxy groups -OCH3 is 1. The molecule has 2 heterocycles. The van der Waals surface area contributed by atoms with E-state index in [1.54, 1.807) is 18.3 Å². The number of aromatic nitrogens is 1. The van der Waals surface area contributed by atoms with Crippen LogP contribution in [-0.4, -0.2) is 42.4 Å². The molecular weight excluding hydrogens is 220 g/mol. The minimum Gasteiger partial charge on any atom is -0.465 e. The normalized spacial score (nSPS) is 20.1. The Morgan fingerprint density at radius 2 is 2.47 bits per heavy atom. The lowest BCUT2D eigenvalue weighted by atomic mass is 10.1. The Kier molecular flexibility index (Phi) is 3.58. The van der Waals surface area contributed by atoms with E-state index in [0.29, 0.717) is 17.9 Å². The van der Waals surface area contributed by atoms with Crippen molar-refractivity contribution >= 4 is 11.8 Å². The van der Waals surface area contributed by atoms with Crippen molar-refractivity contribution in [3.8, 4) is 0 Å². The number of ether oxygens (including phenoxy) is 1. The minimum atomic E-state index is -0.369. The molecular formula is C12H16N2O3. The second kappa shape index (κ2) is 5.14. The van der Waals surface area contributed by atoms with Crippen molar-refractivity contribution in [1.82, 2.24) is 4.98 Å². The Balaban J connectivity index is 2.17. The molecule has 1 aromatic heterocycles. The van der Waals surface area contributed by atoms with Crippen molar-refractivity contribution in [3.63, 3.8) is 0 Å². The van der Waals surface area contributed by atoms with E-state index >= 15 is 0 Å². The maximum atomic E-state index is 11.4. The average Bonchev–Trinajstić information content (AvgIpc) is 2.38. The predicted molar refractivity (Wildman–Crippen MR) is 63.0 cm³/mol. The van der Waals surface area contributed by atoms with Gasteiger partial charge in [-0.2, -0.15) is 0 Å². The third-order valence-corrected chi connectivity index (χ3v) is 2.89. The predicted octanol–water partition coefficient (Wildman–Crippen LogP) is 0.829. The van der Waals surface area contributed by atoms with Gasteiger partial charge in [0.15, 0.2) is 0 Å². The van der Waals surface area contributed by atoms with Crippen LogP contribution >= 0.6 is 0 Å². The van der Waals surface area contributed by atoms with Crippen LogP contribution in [0.1, 0.15) is 23.2 Å². The molecule has 1 fully saturated rings. The Bertz CT molecular complexity index is 408. The zero-order chi connectivity index (χ0) is 12.3. The van der Waals surface area contributed by atoms with E-state index in [9.17, 15) is 9.90 Å². The highest BCUT2D eigenvalue weighted by molar-refractivity contribution is 5.90. The number of pyridine rings is 1. The summed E-state index contributed by atoms with van der Waals surface area (Å²) in [5, 5.41) is 9.60. The van der Waals surface area contributed by atoms with Crippen LogP contribution in [0.15, 0.2) is 18.3 Å². The summed E-state index contributed by atoms with van der Waals surface area (Å²) in [5.74, 6) is 0.345. The smallest absolute Gasteiger partial charge is 0.338 e. The number of nitrogens with zero attached hydrogens (tertiary/aromatic N) is 2. The molecule has 1 aliphatic heterocycles. The molecule has 0 aliphatic carbocycles. The van der Waals surface area contributed by atoms with Crippen LogP contribution < -0.4 is 4.90 Å². The van der Waals surface area contributed by atoms with Gasteiger partial charge in [-0.1, -0.05) is 0 Å². The number of hydrogen-bond donors (Lipinski definition) is 1. The molecule has 0 unspecified atom stereocenters. The van der Waals surface area contributed by atoms with E-state index in [0.717, 1.165) is 19.4 Å². The second-order valence-electron chi connectivity index (χ2n) is 4.14. The summed E-state index contributed by atoms with van der Waals surface area (Å²) in [4.78, 5) is 17.6. The van der Waals surface area contributed by atoms with Crippen LogP contribution in [0.25, 0.3) is 0 Å². The molecule has 17 heavy (non-hydrogen) atoms. The summed E-state index contributed by atoms with van der Waals surface area (Å²) < 4.78 is 4.67. The monoisotopic (exact) mass is 236 g/mol. The van der Waals surface area contributed by atoms with Gasteiger partial charge in [0, 0.05) is 19.3 Å². The van der Waals surface area contributed by atoms with Crippen molar-refractivity contribution in [2.45, 2.75) is 18.9 Å². The van der Waals surface area contributed by atoms with Crippen LogP contribution in [0.4, 0.5) is 5.82 Å². The summed E-state index contributed by atoms with van der Waals surface area (Å²) in [7, 11) is 1.35. The summed E-state index contributed by atoms with van der Waals surface area (Å²) in [5.41, 5.74) is 0.484. The molecule has 5 heteroatoms. The summed E-state index contributed by atoms with van der Waals surface area (Å²) in [6.45, 7) is 1.42. The molecule has 0 saturated carbocycles. The maximum Gasteiger partial charge on any atom is 0.338 e. The van der Waals surface area contributed by atoms with Crippen molar-refractivity contribution in [2.24, 2.45) is 0 Å². The molecule has 0 spiro atoms. The number of aliphatic hydroxyl groups excluding tert-OH is 1. The van der Waals surface area contributed by atoms with Gasteiger partial charge >= 0.3 is 5.97 Å². The number of aliphatic hydroxyl groups is 1. The first-order chi connectivity index (χ1) is 8.20. The maximum absolute atomic E-state index is 11.4. The largest absolute Gasteiger partial charge is 0.465 e. The highest BCUT2D eigenvalue weighted by Gasteiger charge is 2.19. The van der Waals surface area contributed by atoms with E-state index in [1.165, 1.54) is 7.11 Å². The fraction of sp³-hybridized carbons (Fsp3) is 0.500.